The van der Waals surface area contributed by atoms with Crippen LogP contribution in [-0.4, -0.2) is 29.9 Å². The van der Waals surface area contributed by atoms with Gasteiger partial charge in [0.05, 0.1) is 12.3 Å². The summed E-state index contributed by atoms with van der Waals surface area (Å²) in [6.07, 6.45) is 1.45. The Bertz CT molecular complexity index is 510. The number of carbonyl (C=O) groups is 2. The molecule has 0 bridgehead atoms. The summed E-state index contributed by atoms with van der Waals surface area (Å²) in [5.74, 6) is -1.01. The van der Waals surface area contributed by atoms with E-state index in [1.165, 1.54) is 4.90 Å². The maximum absolute atomic E-state index is 12.4. The van der Waals surface area contributed by atoms with E-state index in [2.05, 4.69) is 0 Å². The zero-order chi connectivity index (χ0) is 16.7. The minimum Gasteiger partial charge on any atom is -0.465 e. The standard InChI is InChI=1S/C16H21Cl2NO3/c1-4-11-8-7-9-12(5-2)14(11)19(16(21)15(17)18)10-13(20)22-6-3/h7-9,15H,4-6,10H2,1-3H3. The van der Waals surface area contributed by atoms with Crippen molar-refractivity contribution in [2.75, 3.05) is 18.1 Å². The van der Waals surface area contributed by atoms with Gasteiger partial charge in [0.15, 0.2) is 4.84 Å². The molecule has 0 fully saturated rings. The molecule has 0 saturated carbocycles. The second kappa shape index (κ2) is 9.01. The Morgan fingerprint density at radius 1 is 1.14 bits per heavy atom. The van der Waals surface area contributed by atoms with Crippen molar-refractivity contribution in [1.29, 1.82) is 0 Å². The number of hydrogen-bond acceptors (Lipinski definition) is 3. The number of nitrogens with zero attached hydrogens (tertiary/aromatic N) is 1. The highest BCUT2D eigenvalue weighted by atomic mass is 35.5. The highest BCUT2D eigenvalue weighted by Gasteiger charge is 2.27. The van der Waals surface area contributed by atoms with E-state index in [0.29, 0.717) is 5.69 Å². The average Bonchev–Trinajstić information content (AvgIpc) is 2.51. The quantitative estimate of drug-likeness (QED) is 0.561. The minimum atomic E-state index is -1.23. The van der Waals surface area contributed by atoms with Gasteiger partial charge in [0.25, 0.3) is 5.91 Å². The van der Waals surface area contributed by atoms with Gasteiger partial charge in [-0.1, -0.05) is 55.2 Å². The van der Waals surface area contributed by atoms with Gasteiger partial charge in [-0.15, -0.1) is 0 Å². The lowest BCUT2D eigenvalue weighted by Gasteiger charge is -2.27. The van der Waals surface area contributed by atoms with Gasteiger partial charge < -0.3 is 4.74 Å². The first-order chi connectivity index (χ1) is 10.5. The van der Waals surface area contributed by atoms with Gasteiger partial charge in [-0.25, -0.2) is 0 Å². The molecule has 0 spiro atoms. The minimum absolute atomic E-state index is 0.202. The lowest BCUT2D eigenvalue weighted by atomic mass is 10.0. The Kier molecular flexibility index (Phi) is 7.69. The van der Waals surface area contributed by atoms with Crippen LogP contribution in [0.1, 0.15) is 31.9 Å². The first kappa shape index (κ1) is 18.8. The molecule has 1 amide bonds. The molecule has 6 heteroatoms. The van der Waals surface area contributed by atoms with E-state index in [0.717, 1.165) is 24.0 Å². The van der Waals surface area contributed by atoms with Gasteiger partial charge in [-0.2, -0.15) is 0 Å². The monoisotopic (exact) mass is 345 g/mol. The molecule has 0 aliphatic carbocycles. The summed E-state index contributed by atoms with van der Waals surface area (Å²) in [6.45, 7) is 5.75. The molecule has 0 atom stereocenters. The van der Waals surface area contributed by atoms with Crippen molar-refractivity contribution in [3.05, 3.63) is 29.3 Å². The molecule has 0 unspecified atom stereocenters. The van der Waals surface area contributed by atoms with Crippen LogP contribution in [0.4, 0.5) is 5.69 Å². The summed E-state index contributed by atoms with van der Waals surface area (Å²) in [6, 6.07) is 5.79. The van der Waals surface area contributed by atoms with Crippen LogP contribution < -0.4 is 4.90 Å². The average molecular weight is 346 g/mol. The van der Waals surface area contributed by atoms with E-state index in [4.69, 9.17) is 27.9 Å². The number of rotatable bonds is 7. The molecule has 0 heterocycles. The van der Waals surface area contributed by atoms with E-state index in [-0.39, 0.29) is 13.2 Å². The van der Waals surface area contributed by atoms with Gasteiger partial charge >= 0.3 is 5.97 Å². The van der Waals surface area contributed by atoms with Crippen LogP contribution in [-0.2, 0) is 27.2 Å². The van der Waals surface area contributed by atoms with Crippen LogP contribution in [0.2, 0.25) is 0 Å². The zero-order valence-electron chi connectivity index (χ0n) is 13.1. The van der Waals surface area contributed by atoms with Gasteiger partial charge in [0.1, 0.15) is 6.54 Å². The van der Waals surface area contributed by atoms with Crippen molar-refractivity contribution in [1.82, 2.24) is 0 Å². The normalized spacial score (nSPS) is 10.6. The summed E-state index contributed by atoms with van der Waals surface area (Å²) >= 11 is 11.5. The van der Waals surface area contributed by atoms with Crippen LogP contribution in [0.3, 0.4) is 0 Å². The molecule has 22 heavy (non-hydrogen) atoms. The molecule has 0 aliphatic heterocycles. The van der Waals surface area contributed by atoms with Crippen LogP contribution in [0.25, 0.3) is 0 Å². The van der Waals surface area contributed by atoms with Crippen LogP contribution >= 0.6 is 23.2 Å². The number of aryl methyl sites for hydroxylation is 2. The number of halogens is 2. The molecule has 1 aromatic rings. The van der Waals surface area contributed by atoms with E-state index < -0.39 is 16.7 Å². The molecule has 0 saturated heterocycles. The smallest absolute Gasteiger partial charge is 0.326 e. The number of hydrogen-bond donors (Lipinski definition) is 0. The summed E-state index contributed by atoms with van der Waals surface area (Å²) < 4.78 is 4.95. The Morgan fingerprint density at radius 3 is 2.09 bits per heavy atom. The van der Waals surface area contributed by atoms with Crippen molar-refractivity contribution < 1.29 is 14.3 Å². The number of benzene rings is 1. The second-order valence-corrected chi connectivity index (χ2v) is 5.76. The molecule has 122 valence electrons. The number of anilines is 1. The summed E-state index contributed by atoms with van der Waals surface area (Å²) in [5, 5.41) is 0. The summed E-state index contributed by atoms with van der Waals surface area (Å²) in [7, 11) is 0. The third-order valence-corrected chi connectivity index (χ3v) is 3.65. The third kappa shape index (κ3) is 4.62. The fourth-order valence-electron chi connectivity index (χ4n) is 2.28. The zero-order valence-corrected chi connectivity index (χ0v) is 14.6. The summed E-state index contributed by atoms with van der Waals surface area (Å²) in [5.41, 5.74) is 2.63. The lowest BCUT2D eigenvalue weighted by Crippen LogP contribution is -2.40. The van der Waals surface area contributed by atoms with Gasteiger partial charge in [-0.3, -0.25) is 14.5 Å². The van der Waals surface area contributed by atoms with Gasteiger partial charge in [0.2, 0.25) is 0 Å². The predicted molar refractivity (Wildman–Crippen MR) is 89.7 cm³/mol. The first-order valence-electron chi connectivity index (χ1n) is 7.32. The van der Waals surface area contributed by atoms with Crippen molar-refractivity contribution in [2.45, 2.75) is 38.4 Å². The summed E-state index contributed by atoms with van der Waals surface area (Å²) in [4.78, 5) is 24.3. The van der Waals surface area contributed by atoms with E-state index >= 15 is 0 Å². The largest absolute Gasteiger partial charge is 0.465 e. The van der Waals surface area contributed by atoms with E-state index in [9.17, 15) is 9.59 Å². The fourth-order valence-corrected chi connectivity index (χ4v) is 2.52. The maximum Gasteiger partial charge on any atom is 0.326 e. The van der Waals surface area contributed by atoms with Crippen molar-refractivity contribution in [3.63, 3.8) is 0 Å². The maximum atomic E-state index is 12.4. The Labute approximate surface area is 141 Å². The van der Waals surface area contributed by atoms with Crippen LogP contribution in [0, 0.1) is 0 Å². The first-order valence-corrected chi connectivity index (χ1v) is 8.19. The van der Waals surface area contributed by atoms with Crippen molar-refractivity contribution in [3.8, 4) is 0 Å². The molecular formula is C16H21Cl2NO3. The lowest BCUT2D eigenvalue weighted by molar-refractivity contribution is -0.142. The highest BCUT2D eigenvalue weighted by molar-refractivity contribution is 6.54. The van der Waals surface area contributed by atoms with Gasteiger partial charge in [0, 0.05) is 0 Å². The highest BCUT2D eigenvalue weighted by Crippen LogP contribution is 2.28. The number of esters is 1. The molecule has 0 aromatic heterocycles. The Morgan fingerprint density at radius 2 is 1.68 bits per heavy atom. The fraction of sp³-hybridized carbons (Fsp3) is 0.500. The Hall–Kier alpha value is -1.26. The van der Waals surface area contributed by atoms with Crippen LogP contribution in [0.15, 0.2) is 18.2 Å². The van der Waals surface area contributed by atoms with Crippen molar-refractivity contribution >= 4 is 40.8 Å². The topological polar surface area (TPSA) is 46.6 Å². The van der Waals surface area contributed by atoms with E-state index in [1.54, 1.807) is 6.92 Å². The second-order valence-electron chi connectivity index (χ2n) is 4.66. The van der Waals surface area contributed by atoms with E-state index in [1.807, 2.05) is 32.0 Å². The molecule has 0 N–H and O–H groups in total. The van der Waals surface area contributed by atoms with Gasteiger partial charge in [-0.05, 0) is 30.9 Å². The molecule has 1 rings (SSSR count). The number of amides is 1. The number of carbonyl (C=O) groups excluding carboxylic acids is 2. The number of para-hydroxylation sites is 1. The molecule has 4 nitrogen and oxygen atoms in total. The SMILES string of the molecule is CCOC(=O)CN(C(=O)C(Cl)Cl)c1c(CC)cccc1CC. The molecular weight excluding hydrogens is 325 g/mol. The molecule has 0 aliphatic rings. The molecule has 0 radical (unpaired) electrons. The third-order valence-electron chi connectivity index (χ3n) is 3.28. The predicted octanol–water partition coefficient (Wildman–Crippen LogP) is 3.51. The Balaban J connectivity index is 3.32. The van der Waals surface area contributed by atoms with Crippen LogP contribution in [0.5, 0.6) is 0 Å². The number of ether oxygens (including phenoxy) is 1. The molecule has 1 aromatic carbocycles. The number of alkyl halides is 2. The van der Waals surface area contributed by atoms with Crippen molar-refractivity contribution in [2.24, 2.45) is 0 Å².